The summed E-state index contributed by atoms with van der Waals surface area (Å²) in [6.45, 7) is 4.62. The van der Waals surface area contributed by atoms with E-state index in [4.69, 9.17) is 4.74 Å². The summed E-state index contributed by atoms with van der Waals surface area (Å²) < 4.78 is 5.54. The van der Waals surface area contributed by atoms with Crippen LogP contribution in [-0.2, 0) is 0 Å². The summed E-state index contributed by atoms with van der Waals surface area (Å²) in [7, 11) is 0. The van der Waals surface area contributed by atoms with Gasteiger partial charge in [-0.25, -0.2) is 0 Å². The maximum Gasteiger partial charge on any atom is 0.255 e. The van der Waals surface area contributed by atoms with Crippen LogP contribution in [-0.4, -0.2) is 18.4 Å². The summed E-state index contributed by atoms with van der Waals surface area (Å²) in [5.74, 6) is 0.298. The number of ether oxygens (including phenoxy) is 1. The number of hydrogen-bond acceptors (Lipinski definition) is 3. The minimum atomic E-state index is -0.243. The highest BCUT2D eigenvalue weighted by atomic mass is 16.5. The van der Waals surface area contributed by atoms with E-state index in [1.54, 1.807) is 48.5 Å². The highest BCUT2D eigenvalue weighted by molar-refractivity contribution is 6.05. The van der Waals surface area contributed by atoms with Crippen molar-refractivity contribution in [3.05, 3.63) is 95.6 Å². The Morgan fingerprint density at radius 3 is 2.30 bits per heavy atom. The molecule has 1 unspecified atom stereocenters. The largest absolute Gasteiger partial charge is 0.494 e. The molecule has 154 valence electrons. The molecule has 2 N–H and O–H groups in total. The fourth-order valence-electron chi connectivity index (χ4n) is 2.97. The molecule has 0 aliphatic carbocycles. The van der Waals surface area contributed by atoms with E-state index < -0.39 is 0 Å². The van der Waals surface area contributed by atoms with Gasteiger partial charge in [-0.15, -0.1) is 0 Å². The van der Waals surface area contributed by atoms with Crippen molar-refractivity contribution in [2.24, 2.45) is 0 Å². The predicted molar refractivity (Wildman–Crippen MR) is 119 cm³/mol. The molecule has 1 atom stereocenters. The summed E-state index contributed by atoms with van der Waals surface area (Å²) in [5, 5.41) is 5.82. The van der Waals surface area contributed by atoms with Crippen LogP contribution >= 0.6 is 0 Å². The fraction of sp³-hybridized carbons (Fsp3) is 0.200. The lowest BCUT2D eigenvalue weighted by atomic mass is 10.1. The van der Waals surface area contributed by atoms with E-state index in [2.05, 4.69) is 10.6 Å². The zero-order valence-corrected chi connectivity index (χ0v) is 17.2. The molecule has 3 rings (SSSR count). The Morgan fingerprint density at radius 2 is 1.60 bits per heavy atom. The van der Waals surface area contributed by atoms with Crippen molar-refractivity contribution in [3.8, 4) is 5.75 Å². The molecule has 0 aliphatic heterocycles. The smallest absolute Gasteiger partial charge is 0.255 e. The van der Waals surface area contributed by atoms with Gasteiger partial charge < -0.3 is 15.4 Å². The number of nitrogens with one attached hydrogen (secondary N) is 2. The van der Waals surface area contributed by atoms with E-state index in [1.807, 2.05) is 44.2 Å². The van der Waals surface area contributed by atoms with Crippen molar-refractivity contribution in [3.63, 3.8) is 0 Å². The first kappa shape index (κ1) is 21.1. The molecule has 5 heteroatoms. The first-order valence-electron chi connectivity index (χ1n) is 10.1. The molecule has 0 radical (unpaired) electrons. The highest BCUT2D eigenvalue weighted by Crippen LogP contribution is 2.17. The van der Waals surface area contributed by atoms with Gasteiger partial charge in [-0.1, -0.05) is 43.3 Å². The zero-order valence-electron chi connectivity index (χ0n) is 17.2. The van der Waals surface area contributed by atoms with Crippen molar-refractivity contribution in [2.45, 2.75) is 26.3 Å². The number of hydrogen-bond donors (Lipinski definition) is 2. The van der Waals surface area contributed by atoms with Gasteiger partial charge in [0.2, 0.25) is 0 Å². The van der Waals surface area contributed by atoms with Crippen LogP contribution in [0.3, 0.4) is 0 Å². The molecule has 2 amide bonds. The maximum atomic E-state index is 12.6. The Bertz CT molecular complexity index is 985. The van der Waals surface area contributed by atoms with Gasteiger partial charge in [-0.3, -0.25) is 9.59 Å². The third-order valence-electron chi connectivity index (χ3n) is 4.62. The Morgan fingerprint density at radius 1 is 0.867 bits per heavy atom. The van der Waals surface area contributed by atoms with E-state index in [-0.39, 0.29) is 17.9 Å². The molecule has 5 nitrogen and oxygen atoms in total. The van der Waals surface area contributed by atoms with Crippen LogP contribution in [0.15, 0.2) is 78.9 Å². The second kappa shape index (κ2) is 10.3. The topological polar surface area (TPSA) is 67.4 Å². The molecule has 30 heavy (non-hydrogen) atoms. The van der Waals surface area contributed by atoms with E-state index in [0.29, 0.717) is 23.4 Å². The number of benzene rings is 3. The van der Waals surface area contributed by atoms with Gasteiger partial charge in [0.25, 0.3) is 11.8 Å². The molecular formula is C25H26N2O3. The number of carbonyl (C=O) groups is 2. The molecular weight excluding hydrogens is 376 g/mol. The molecule has 0 aromatic heterocycles. The Hall–Kier alpha value is -3.60. The Labute approximate surface area is 177 Å². The van der Waals surface area contributed by atoms with Gasteiger partial charge in [0.1, 0.15) is 5.75 Å². The normalized spacial score (nSPS) is 11.4. The molecule has 0 bridgehead atoms. The van der Waals surface area contributed by atoms with Gasteiger partial charge in [0, 0.05) is 16.8 Å². The molecule has 0 fully saturated rings. The summed E-state index contributed by atoms with van der Waals surface area (Å²) in [4.78, 5) is 25.2. The third-order valence-corrected chi connectivity index (χ3v) is 4.62. The van der Waals surface area contributed by atoms with Crippen molar-refractivity contribution in [1.82, 2.24) is 5.32 Å². The molecule has 3 aromatic carbocycles. The zero-order chi connectivity index (χ0) is 21.3. The number of rotatable bonds is 8. The fourth-order valence-corrected chi connectivity index (χ4v) is 2.97. The predicted octanol–water partition coefficient (Wildman–Crippen LogP) is 5.22. The molecule has 3 aromatic rings. The minimum absolute atomic E-state index is 0.120. The van der Waals surface area contributed by atoms with E-state index in [0.717, 1.165) is 17.7 Å². The van der Waals surface area contributed by atoms with Gasteiger partial charge in [-0.05, 0) is 61.4 Å². The number of amides is 2. The first-order valence-corrected chi connectivity index (χ1v) is 10.1. The van der Waals surface area contributed by atoms with Crippen LogP contribution in [0.2, 0.25) is 0 Å². The molecule has 0 spiro atoms. The maximum absolute atomic E-state index is 12.6. The van der Waals surface area contributed by atoms with Crippen LogP contribution in [0, 0.1) is 0 Å². The quantitative estimate of drug-likeness (QED) is 0.543. The Kier molecular flexibility index (Phi) is 7.22. The summed E-state index contributed by atoms with van der Waals surface area (Å²) in [5.41, 5.74) is 2.60. The molecule has 0 saturated carbocycles. The molecule has 0 heterocycles. The highest BCUT2D eigenvalue weighted by Gasteiger charge is 2.13. The van der Waals surface area contributed by atoms with Crippen molar-refractivity contribution < 1.29 is 14.3 Å². The standard InChI is InChI=1S/C25H26N2O3/c1-3-16-30-23-14-12-20(13-15-23)24(28)27-22-11-7-10-21(17-22)25(29)26-18(2)19-8-5-4-6-9-19/h4-15,17-18H,3,16H2,1-2H3,(H,26,29)(H,27,28). The van der Waals surface area contributed by atoms with Crippen molar-refractivity contribution in [1.29, 1.82) is 0 Å². The SMILES string of the molecule is CCCOc1ccc(C(=O)Nc2cccc(C(=O)NC(C)c3ccccc3)c2)cc1. The van der Waals surface area contributed by atoms with Crippen LogP contribution in [0.5, 0.6) is 5.75 Å². The third kappa shape index (κ3) is 5.70. The van der Waals surface area contributed by atoms with Gasteiger partial charge in [-0.2, -0.15) is 0 Å². The average molecular weight is 402 g/mol. The van der Waals surface area contributed by atoms with Crippen LogP contribution in [0.4, 0.5) is 5.69 Å². The molecule has 0 aliphatic rings. The second-order valence-corrected chi connectivity index (χ2v) is 7.01. The second-order valence-electron chi connectivity index (χ2n) is 7.01. The lowest BCUT2D eigenvalue weighted by Gasteiger charge is -2.15. The first-order chi connectivity index (χ1) is 14.6. The van der Waals surface area contributed by atoms with E-state index >= 15 is 0 Å². The summed E-state index contributed by atoms with van der Waals surface area (Å²) in [6, 6.07) is 23.5. The van der Waals surface area contributed by atoms with Crippen molar-refractivity contribution in [2.75, 3.05) is 11.9 Å². The lowest BCUT2D eigenvalue weighted by molar-refractivity contribution is 0.0938. The number of anilines is 1. The van der Waals surface area contributed by atoms with Crippen LogP contribution in [0.1, 0.15) is 52.6 Å². The monoisotopic (exact) mass is 402 g/mol. The number of carbonyl (C=O) groups excluding carboxylic acids is 2. The van der Waals surface area contributed by atoms with E-state index in [1.165, 1.54) is 0 Å². The minimum Gasteiger partial charge on any atom is -0.494 e. The Balaban J connectivity index is 1.63. The van der Waals surface area contributed by atoms with E-state index in [9.17, 15) is 9.59 Å². The van der Waals surface area contributed by atoms with Gasteiger partial charge in [0.15, 0.2) is 0 Å². The lowest BCUT2D eigenvalue weighted by Crippen LogP contribution is -2.26. The summed E-state index contributed by atoms with van der Waals surface area (Å²) in [6.07, 6.45) is 0.927. The van der Waals surface area contributed by atoms with Crippen molar-refractivity contribution >= 4 is 17.5 Å². The summed E-state index contributed by atoms with van der Waals surface area (Å²) >= 11 is 0. The van der Waals surface area contributed by atoms with Gasteiger partial charge >= 0.3 is 0 Å². The van der Waals surface area contributed by atoms with Gasteiger partial charge in [0.05, 0.1) is 12.6 Å². The molecule has 0 saturated heterocycles. The van der Waals surface area contributed by atoms with Crippen LogP contribution in [0.25, 0.3) is 0 Å². The average Bonchev–Trinajstić information content (AvgIpc) is 2.78. The van der Waals surface area contributed by atoms with Crippen LogP contribution < -0.4 is 15.4 Å².